The van der Waals surface area contributed by atoms with Gasteiger partial charge in [-0.3, -0.25) is 9.59 Å². The maximum Gasteiger partial charge on any atom is 1.00 e. The van der Waals surface area contributed by atoms with Gasteiger partial charge in [0.2, 0.25) is 0 Å². The van der Waals surface area contributed by atoms with Crippen molar-refractivity contribution in [1.29, 1.82) is 0 Å². The molecule has 6 atom stereocenters. The molecule has 0 aliphatic heterocycles. The zero-order valence-corrected chi connectivity index (χ0v) is 60.3. The van der Waals surface area contributed by atoms with Crippen molar-refractivity contribution in [3.8, 4) is 11.5 Å². The fourth-order valence-electron chi connectivity index (χ4n) is 5.80. The normalized spacial score (nSPS) is 14.8. The molecule has 0 aromatic heterocycles. The molecule has 0 bridgehead atoms. The van der Waals surface area contributed by atoms with Crippen LogP contribution in [0.1, 0.15) is 45.7 Å². The number of nitrogens with one attached hydrogen (secondary N) is 2. The topological polar surface area (TPSA) is 175 Å². The number of hydrogen-bond donors (Lipinski definition) is 2. The summed E-state index contributed by atoms with van der Waals surface area (Å²) in [6.45, 7) is 3.71. The number of benzene rings is 4. The predicted octanol–water partition coefficient (Wildman–Crippen LogP) is -3.22. The molecule has 2 amide bonds. The third kappa shape index (κ3) is 30.2. The Morgan fingerprint density at radius 3 is 1.17 bits per heavy atom. The van der Waals surface area contributed by atoms with E-state index in [2.05, 4.69) is 10.6 Å². The maximum atomic E-state index is 13.3. The minimum atomic E-state index is -3.21. The minimum absolute atomic E-state index is 0. The first kappa shape index (κ1) is 75.0. The number of amides is 2. The fraction of sp³-hybridized carbons (Fsp3) is 0.333. The first-order valence-corrected chi connectivity index (χ1v) is 39.9. The van der Waals surface area contributed by atoms with Crippen molar-refractivity contribution in [2.45, 2.75) is 38.8 Å². The summed E-state index contributed by atoms with van der Waals surface area (Å²) in [7, 11) is 3.12. The molecule has 0 fully saturated rings. The average Bonchev–Trinajstić information content (AvgIpc) is 3.27. The van der Waals surface area contributed by atoms with Gasteiger partial charge in [-0.05, 0) is 84.4 Å². The van der Waals surface area contributed by atoms with Gasteiger partial charge in [0.1, 0.15) is 23.6 Å². The minimum Gasteiger partial charge on any atom is -0.813 e. The van der Waals surface area contributed by atoms with E-state index in [0.717, 1.165) is 33.9 Å². The van der Waals surface area contributed by atoms with E-state index in [1.807, 2.05) is 0 Å². The zero-order valence-electron chi connectivity index (χ0n) is 40.6. The third-order valence-electron chi connectivity index (χ3n) is 8.73. The molecule has 12 nitrogen and oxygen atoms in total. The molecule has 72 heavy (non-hydrogen) atoms. The molecular weight excluding hydrogens is 1230 g/mol. The Morgan fingerprint density at radius 2 is 0.861 bits per heavy atom. The SMILES string of the molecule is CCOC(=O)[C@H](Cc1ccc(OP(=S)([S-])CP([O-])(=S)SCCSSCCSP([O-])(=S)CP(=S)([S-])Oc2ccc(C[C@H](NC(=O)c3ccccc3)C(=O)OCC)cc2)cc1)NC(=O)c1ccccc1.[Na+].[Na+].[Na+].[Na+]. The number of ether oxygens (including phenoxy) is 2. The van der Waals surface area contributed by atoms with Crippen molar-refractivity contribution in [1.82, 2.24) is 10.6 Å². The van der Waals surface area contributed by atoms with Gasteiger partial charge in [0.15, 0.2) is 0 Å². The van der Waals surface area contributed by atoms with Crippen LogP contribution in [0.4, 0.5) is 0 Å². The van der Waals surface area contributed by atoms with Gasteiger partial charge in [-0.2, -0.15) is 0 Å². The van der Waals surface area contributed by atoms with Crippen LogP contribution in [0.2, 0.25) is 0 Å². The fourth-order valence-corrected chi connectivity index (χ4v) is 38.9. The Bertz CT molecular complexity index is 2340. The summed E-state index contributed by atoms with van der Waals surface area (Å²) in [5.74, 6) is 0.966. The second-order valence-electron chi connectivity index (χ2n) is 14.2. The van der Waals surface area contributed by atoms with E-state index in [0.29, 0.717) is 45.6 Å². The first-order chi connectivity index (χ1) is 32.2. The van der Waals surface area contributed by atoms with Crippen LogP contribution in [0, 0.1) is 0 Å². The molecule has 0 saturated carbocycles. The van der Waals surface area contributed by atoms with E-state index >= 15 is 0 Å². The Kier molecular flexibility index (Phi) is 40.2. The van der Waals surface area contributed by atoms with Crippen LogP contribution in [0.5, 0.6) is 11.5 Å². The second kappa shape index (κ2) is 38.6. The van der Waals surface area contributed by atoms with Gasteiger partial charge in [-0.25, -0.2) is 9.59 Å². The number of esters is 2. The molecule has 0 spiro atoms. The third-order valence-corrected chi connectivity index (χ3v) is 34.3. The van der Waals surface area contributed by atoms with Gasteiger partial charge in [-0.1, -0.05) is 117 Å². The monoisotopic (exact) mass is 1280 g/mol. The Hall–Kier alpha value is 2.98. The van der Waals surface area contributed by atoms with Crippen molar-refractivity contribution in [2.75, 3.05) is 48.0 Å². The second-order valence-corrected chi connectivity index (χ2v) is 44.2. The van der Waals surface area contributed by atoms with E-state index in [1.54, 1.807) is 145 Å². The van der Waals surface area contributed by atoms with E-state index in [1.165, 1.54) is 0 Å². The molecule has 4 unspecified atom stereocenters. The molecule has 0 saturated heterocycles. The van der Waals surface area contributed by atoms with Crippen LogP contribution in [-0.4, -0.2) is 83.9 Å². The van der Waals surface area contributed by atoms with Crippen LogP contribution in [0.3, 0.4) is 0 Å². The van der Waals surface area contributed by atoms with Gasteiger partial charge in [-0.15, -0.1) is 46.4 Å². The Morgan fingerprint density at radius 1 is 0.542 bits per heavy atom. The van der Waals surface area contributed by atoms with Crippen molar-refractivity contribution < 1.29 is 166 Å². The maximum absolute atomic E-state index is 13.3. The van der Waals surface area contributed by atoms with Gasteiger partial charge in [0.05, 0.1) is 13.2 Å². The zero-order chi connectivity index (χ0) is 49.8. The number of rotatable bonds is 29. The average molecular weight is 1280 g/mol. The largest absolute Gasteiger partial charge is 1.00 e. The molecule has 0 heterocycles. The molecule has 4 aromatic carbocycles. The van der Waals surface area contributed by atoms with Crippen LogP contribution in [0.15, 0.2) is 109 Å². The molecule has 2 N–H and O–H groups in total. The summed E-state index contributed by atoms with van der Waals surface area (Å²) in [6, 6.07) is 28.9. The van der Waals surface area contributed by atoms with Crippen molar-refractivity contribution in [3.05, 3.63) is 131 Å². The number of carbonyl (C=O) groups is 4. The van der Waals surface area contributed by atoms with Crippen molar-refractivity contribution in [3.63, 3.8) is 0 Å². The van der Waals surface area contributed by atoms with E-state index in [-0.39, 0.29) is 156 Å². The molecule has 4 rings (SSSR count). The van der Waals surface area contributed by atoms with Gasteiger partial charge >= 0.3 is 130 Å². The predicted molar refractivity (Wildman–Crippen MR) is 302 cm³/mol. The smallest absolute Gasteiger partial charge is 0.813 e. The van der Waals surface area contributed by atoms with Crippen LogP contribution in [-0.2, 0) is 104 Å². The number of hydrogen-bond acceptors (Lipinski definition) is 20. The van der Waals surface area contributed by atoms with Gasteiger partial charge < -0.3 is 63.4 Å². The number of carbonyl (C=O) groups excluding carboxylic acids is 4. The summed E-state index contributed by atoms with van der Waals surface area (Å²) in [5, 5.41) is 5.50. The van der Waals surface area contributed by atoms with Crippen LogP contribution < -0.4 is 148 Å². The molecule has 0 aliphatic carbocycles. The summed E-state index contributed by atoms with van der Waals surface area (Å²) in [4.78, 5) is 77.6. The van der Waals surface area contributed by atoms with E-state index in [4.69, 9.17) is 90.2 Å². The quantitative estimate of drug-likeness (QED) is 0.0139. The summed E-state index contributed by atoms with van der Waals surface area (Å²) in [5.41, 5.74) is -10.1. The van der Waals surface area contributed by atoms with Gasteiger partial charge in [0, 0.05) is 58.8 Å². The van der Waals surface area contributed by atoms with Gasteiger partial charge in [0.25, 0.3) is 11.8 Å². The summed E-state index contributed by atoms with van der Waals surface area (Å²) >= 11 is 35.5. The molecule has 30 heteroatoms. The van der Waals surface area contributed by atoms with Crippen LogP contribution >= 0.6 is 66.2 Å². The standard InChI is InChI=1S/C42H52N2O10P4S10.4Na/c1-3-51-41(47)37(43-39(45)33-11-7-5-8-12-33)27-31-15-19-35(20-16-31)53-57(61,62)29-55(49,59)65-23-25-67-68-26-24-66-56(50,60)30-58(63,64)54-36-21-17-32(18-22-36)28-38(42(48)52-4-2)44-40(46)34-13-9-6-10-14-34;;;;/h5-22,37-38H,3-4,23-30H2,1-2H3,(H,43,45)(H,44,46)(H,49,59)(H,50,60)(H,61,62)(H,63,64);;;;/q;4*+1/p-4/t37-,38-,55?,56?;;;;/m0..../s1. The molecular formula is C42H48N2Na4O10P4S10. The van der Waals surface area contributed by atoms with Crippen LogP contribution in [0.25, 0.3) is 0 Å². The van der Waals surface area contributed by atoms with E-state index in [9.17, 15) is 29.0 Å². The van der Waals surface area contributed by atoms with E-state index < -0.39 is 57.7 Å². The Balaban J connectivity index is 0.0000126. The molecule has 0 aliphatic rings. The van der Waals surface area contributed by atoms with Crippen molar-refractivity contribution >= 4 is 162 Å². The summed E-state index contributed by atoms with van der Waals surface area (Å²) in [6.07, 6.45) is 0.347. The molecule has 0 radical (unpaired) electrons. The van der Waals surface area contributed by atoms with Crippen molar-refractivity contribution in [2.24, 2.45) is 0 Å². The molecule has 4 aromatic rings. The Labute approximate surface area is 559 Å². The first-order valence-electron chi connectivity index (χ1n) is 20.5. The summed E-state index contributed by atoms with van der Waals surface area (Å²) < 4.78 is 22.3. The molecule has 370 valence electrons.